The molecule has 8 nitrogen and oxygen atoms in total. The lowest BCUT2D eigenvalue weighted by atomic mass is 9.86. The van der Waals surface area contributed by atoms with E-state index in [-0.39, 0.29) is 55.6 Å². The number of amides is 1. The second kappa shape index (κ2) is 8.29. The summed E-state index contributed by atoms with van der Waals surface area (Å²) in [6, 6.07) is 7.02. The van der Waals surface area contributed by atoms with Crippen molar-refractivity contribution in [2.45, 2.75) is 57.0 Å². The van der Waals surface area contributed by atoms with Gasteiger partial charge in [0, 0.05) is 31.7 Å². The highest BCUT2D eigenvalue weighted by atomic mass is 19.3. The van der Waals surface area contributed by atoms with E-state index in [1.54, 1.807) is 24.3 Å². The molecule has 158 valence electrons. The number of halogens is 2. The van der Waals surface area contributed by atoms with Crippen molar-refractivity contribution in [1.82, 2.24) is 25.0 Å². The smallest absolute Gasteiger partial charge is 0.261 e. The van der Waals surface area contributed by atoms with E-state index in [4.69, 9.17) is 4.52 Å². The van der Waals surface area contributed by atoms with Gasteiger partial charge in [0.05, 0.1) is 23.8 Å². The Morgan fingerprint density at radius 3 is 2.83 bits per heavy atom. The van der Waals surface area contributed by atoms with Crippen LogP contribution in [-0.4, -0.2) is 31.5 Å². The highest BCUT2D eigenvalue weighted by molar-refractivity contribution is 5.77. The summed E-state index contributed by atoms with van der Waals surface area (Å²) in [5.41, 5.74) is 0.407. The van der Waals surface area contributed by atoms with Gasteiger partial charge in [-0.1, -0.05) is 17.3 Å². The van der Waals surface area contributed by atoms with E-state index < -0.39 is 5.92 Å². The Kier molecular flexibility index (Phi) is 5.56. The first-order valence-electron chi connectivity index (χ1n) is 9.82. The zero-order valence-electron chi connectivity index (χ0n) is 16.2. The third-order valence-electron chi connectivity index (χ3n) is 5.31. The van der Waals surface area contributed by atoms with E-state index in [2.05, 4.69) is 20.4 Å². The quantitative estimate of drug-likeness (QED) is 0.662. The Morgan fingerprint density at radius 2 is 2.03 bits per heavy atom. The average Bonchev–Trinajstić information content (AvgIpc) is 3.21. The molecule has 0 bridgehead atoms. The molecule has 1 aromatic carbocycles. The molecule has 1 N–H and O–H groups in total. The topological polar surface area (TPSA) is 103 Å². The van der Waals surface area contributed by atoms with E-state index >= 15 is 0 Å². The van der Waals surface area contributed by atoms with Crippen LogP contribution in [0.25, 0.3) is 10.9 Å². The molecule has 30 heavy (non-hydrogen) atoms. The molecule has 0 unspecified atom stereocenters. The fourth-order valence-electron chi connectivity index (χ4n) is 3.55. The maximum Gasteiger partial charge on any atom is 0.261 e. The van der Waals surface area contributed by atoms with Crippen molar-refractivity contribution in [3.05, 3.63) is 52.7 Å². The standard InChI is InChI=1S/C20H21F2N5O3/c21-20(22)8-5-13(6-9-20)18-25-17(30-26-18)11-23-16(28)7-10-27-12-24-15-4-2-1-3-14(15)19(27)29/h1-4,12-13H,5-11H2,(H,23,28). The first-order valence-corrected chi connectivity index (χ1v) is 9.82. The lowest BCUT2D eigenvalue weighted by Gasteiger charge is -2.26. The Hall–Kier alpha value is -3.17. The fourth-order valence-corrected chi connectivity index (χ4v) is 3.55. The fraction of sp³-hybridized carbons (Fsp3) is 0.450. The molecule has 1 aliphatic carbocycles. The van der Waals surface area contributed by atoms with Gasteiger partial charge in [0.15, 0.2) is 5.82 Å². The van der Waals surface area contributed by atoms with Crippen LogP contribution in [0.5, 0.6) is 0 Å². The second-order valence-electron chi connectivity index (χ2n) is 7.46. The molecule has 1 amide bonds. The van der Waals surface area contributed by atoms with E-state index in [1.807, 2.05) is 0 Å². The number of carbonyl (C=O) groups excluding carboxylic acids is 1. The summed E-state index contributed by atoms with van der Waals surface area (Å²) >= 11 is 0. The third kappa shape index (κ3) is 4.52. The summed E-state index contributed by atoms with van der Waals surface area (Å²) in [6.45, 7) is 0.230. The van der Waals surface area contributed by atoms with Gasteiger partial charge in [-0.15, -0.1) is 0 Å². The molecule has 1 saturated carbocycles. The maximum atomic E-state index is 13.3. The third-order valence-corrected chi connectivity index (χ3v) is 5.31. The second-order valence-corrected chi connectivity index (χ2v) is 7.46. The molecule has 10 heteroatoms. The van der Waals surface area contributed by atoms with Crippen LogP contribution in [0, 0.1) is 0 Å². The molecular formula is C20H21F2N5O3. The lowest BCUT2D eigenvalue weighted by molar-refractivity contribution is -0.121. The molecule has 0 radical (unpaired) electrons. The number of nitrogens with one attached hydrogen (secondary N) is 1. The summed E-state index contributed by atoms with van der Waals surface area (Å²) in [5.74, 6) is -2.42. The number of rotatable bonds is 6. The monoisotopic (exact) mass is 417 g/mol. The molecule has 0 atom stereocenters. The Balaban J connectivity index is 1.28. The SMILES string of the molecule is O=C(CCn1cnc2ccccc2c1=O)NCc1nc(C2CCC(F)(F)CC2)no1. The molecule has 4 rings (SSSR count). The number of para-hydroxylation sites is 1. The van der Waals surface area contributed by atoms with Crippen molar-refractivity contribution < 1.29 is 18.1 Å². The summed E-state index contributed by atoms with van der Waals surface area (Å²) < 4.78 is 33.1. The Morgan fingerprint density at radius 1 is 1.27 bits per heavy atom. The van der Waals surface area contributed by atoms with Gasteiger partial charge < -0.3 is 9.84 Å². The number of fused-ring (bicyclic) bond motifs is 1. The molecule has 3 aromatic rings. The number of aromatic nitrogens is 4. The summed E-state index contributed by atoms with van der Waals surface area (Å²) in [4.78, 5) is 33.0. The van der Waals surface area contributed by atoms with Crippen molar-refractivity contribution in [1.29, 1.82) is 0 Å². The van der Waals surface area contributed by atoms with Crippen molar-refractivity contribution in [2.24, 2.45) is 0 Å². The number of alkyl halides is 2. The minimum atomic E-state index is -2.61. The van der Waals surface area contributed by atoms with Gasteiger partial charge in [-0.05, 0) is 25.0 Å². The number of carbonyl (C=O) groups is 1. The number of hydrogen-bond acceptors (Lipinski definition) is 6. The average molecular weight is 417 g/mol. The minimum absolute atomic E-state index is 0.0413. The van der Waals surface area contributed by atoms with Gasteiger partial charge in [-0.2, -0.15) is 4.98 Å². The molecule has 2 heterocycles. The highest BCUT2D eigenvalue weighted by Gasteiger charge is 2.36. The van der Waals surface area contributed by atoms with Crippen molar-refractivity contribution >= 4 is 16.8 Å². The molecule has 1 fully saturated rings. The van der Waals surface area contributed by atoms with Gasteiger partial charge in [-0.3, -0.25) is 14.2 Å². The maximum absolute atomic E-state index is 13.3. The number of hydrogen-bond donors (Lipinski definition) is 1. The zero-order chi connectivity index (χ0) is 21.1. The Labute approximate surface area is 170 Å². The van der Waals surface area contributed by atoms with Crippen LogP contribution in [0.2, 0.25) is 0 Å². The molecular weight excluding hydrogens is 396 g/mol. The van der Waals surface area contributed by atoms with Crippen LogP contribution in [0.3, 0.4) is 0 Å². The van der Waals surface area contributed by atoms with E-state index in [0.717, 1.165) is 0 Å². The number of aryl methyl sites for hydroxylation is 1. The normalized spacial score (nSPS) is 16.6. The van der Waals surface area contributed by atoms with E-state index in [1.165, 1.54) is 10.9 Å². The predicted molar refractivity (Wildman–Crippen MR) is 103 cm³/mol. The molecule has 0 aliphatic heterocycles. The summed E-state index contributed by atoms with van der Waals surface area (Å²) in [6.07, 6.45) is 1.77. The largest absolute Gasteiger partial charge is 0.347 e. The van der Waals surface area contributed by atoms with Crippen LogP contribution < -0.4 is 10.9 Å². The Bertz CT molecular complexity index is 1100. The first kappa shape index (κ1) is 20.1. The van der Waals surface area contributed by atoms with Crippen LogP contribution in [0.15, 0.2) is 39.9 Å². The van der Waals surface area contributed by atoms with E-state index in [9.17, 15) is 18.4 Å². The summed E-state index contributed by atoms with van der Waals surface area (Å²) in [7, 11) is 0. The van der Waals surface area contributed by atoms with Gasteiger partial charge in [0.25, 0.3) is 5.56 Å². The van der Waals surface area contributed by atoms with Gasteiger partial charge in [0.1, 0.15) is 0 Å². The molecule has 1 aliphatic rings. The minimum Gasteiger partial charge on any atom is -0.347 e. The van der Waals surface area contributed by atoms with Crippen LogP contribution in [0.1, 0.15) is 49.7 Å². The van der Waals surface area contributed by atoms with Crippen molar-refractivity contribution in [2.75, 3.05) is 0 Å². The lowest BCUT2D eigenvalue weighted by Crippen LogP contribution is -2.27. The van der Waals surface area contributed by atoms with Crippen LogP contribution >= 0.6 is 0 Å². The van der Waals surface area contributed by atoms with E-state index in [0.29, 0.717) is 29.6 Å². The number of benzene rings is 1. The number of nitrogens with zero attached hydrogens (tertiary/aromatic N) is 4. The van der Waals surface area contributed by atoms with Crippen molar-refractivity contribution in [3.63, 3.8) is 0 Å². The van der Waals surface area contributed by atoms with Gasteiger partial charge in [-0.25, -0.2) is 13.8 Å². The zero-order valence-corrected chi connectivity index (χ0v) is 16.2. The summed E-state index contributed by atoms with van der Waals surface area (Å²) in [5, 5.41) is 7.03. The predicted octanol–water partition coefficient (Wildman–Crippen LogP) is 2.78. The molecule has 2 aromatic heterocycles. The highest BCUT2D eigenvalue weighted by Crippen LogP contribution is 2.39. The van der Waals surface area contributed by atoms with Gasteiger partial charge in [0.2, 0.25) is 17.7 Å². The molecule has 0 spiro atoms. The molecule has 0 saturated heterocycles. The van der Waals surface area contributed by atoms with Crippen LogP contribution in [0.4, 0.5) is 8.78 Å². The van der Waals surface area contributed by atoms with Gasteiger partial charge >= 0.3 is 0 Å². The van der Waals surface area contributed by atoms with Crippen molar-refractivity contribution in [3.8, 4) is 0 Å². The first-order chi connectivity index (χ1) is 14.4. The van der Waals surface area contributed by atoms with Crippen LogP contribution in [-0.2, 0) is 17.9 Å².